The molecule has 0 amide bonds. The summed E-state index contributed by atoms with van der Waals surface area (Å²) in [6.45, 7) is 2.50. The van der Waals surface area contributed by atoms with Crippen LogP contribution >= 0.6 is 0 Å². The minimum atomic E-state index is -3.59. The minimum absolute atomic E-state index is 0.0683. The Bertz CT molecular complexity index is 724. The molecular weight excluding hydrogens is 290 g/mol. The van der Waals surface area contributed by atoms with Crippen molar-refractivity contribution in [3.63, 3.8) is 0 Å². The number of aromatic nitrogens is 3. The summed E-state index contributed by atoms with van der Waals surface area (Å²) in [5.74, 6) is 0.435. The Balaban J connectivity index is 2.21. The first kappa shape index (κ1) is 15.6. The standard InChI is InChI=1S/C13H19N5O2S/c1-10-11(7-14-2)5-4-6-12(10)21(19,20)16-8-13-15-9-18(3)17-13/h4-6,9,14,16H,7-8H2,1-3H3. The minimum Gasteiger partial charge on any atom is -0.316 e. The van der Waals surface area contributed by atoms with E-state index in [-0.39, 0.29) is 11.4 Å². The molecule has 2 rings (SSSR count). The molecule has 0 spiro atoms. The van der Waals surface area contributed by atoms with E-state index in [1.54, 1.807) is 26.1 Å². The van der Waals surface area contributed by atoms with Crippen molar-refractivity contribution in [1.29, 1.82) is 0 Å². The maximum absolute atomic E-state index is 12.4. The van der Waals surface area contributed by atoms with Crippen LogP contribution in [0.25, 0.3) is 0 Å². The van der Waals surface area contributed by atoms with Gasteiger partial charge in [-0.15, -0.1) is 0 Å². The molecule has 0 fully saturated rings. The molecule has 0 radical (unpaired) electrons. The van der Waals surface area contributed by atoms with E-state index in [2.05, 4.69) is 20.1 Å². The second-order valence-corrected chi connectivity index (χ2v) is 6.46. The third kappa shape index (κ3) is 3.66. The summed E-state index contributed by atoms with van der Waals surface area (Å²) in [6.07, 6.45) is 1.53. The van der Waals surface area contributed by atoms with Crippen LogP contribution in [0.15, 0.2) is 29.4 Å². The van der Waals surface area contributed by atoms with Crippen molar-refractivity contribution in [2.75, 3.05) is 7.05 Å². The molecule has 0 atom stereocenters. The van der Waals surface area contributed by atoms with Crippen LogP contribution in [0.4, 0.5) is 0 Å². The smallest absolute Gasteiger partial charge is 0.241 e. The van der Waals surface area contributed by atoms with Gasteiger partial charge in [-0.25, -0.2) is 18.1 Å². The summed E-state index contributed by atoms with van der Waals surface area (Å²) in [6, 6.07) is 5.25. The lowest BCUT2D eigenvalue weighted by Gasteiger charge is -2.12. The highest BCUT2D eigenvalue weighted by Gasteiger charge is 2.18. The molecule has 8 heteroatoms. The Hall–Kier alpha value is -1.77. The fourth-order valence-corrected chi connectivity index (χ4v) is 3.30. The zero-order chi connectivity index (χ0) is 15.5. The van der Waals surface area contributed by atoms with E-state index in [1.165, 1.54) is 11.0 Å². The van der Waals surface area contributed by atoms with E-state index < -0.39 is 10.0 Å². The predicted octanol–water partition coefficient (Wildman–Crippen LogP) is 0.321. The third-order valence-corrected chi connectivity index (χ3v) is 4.67. The number of sulfonamides is 1. The van der Waals surface area contributed by atoms with E-state index in [9.17, 15) is 8.42 Å². The lowest BCUT2D eigenvalue weighted by Crippen LogP contribution is -2.25. The fraction of sp³-hybridized carbons (Fsp3) is 0.385. The lowest BCUT2D eigenvalue weighted by atomic mass is 10.1. The normalized spacial score (nSPS) is 11.8. The van der Waals surface area contributed by atoms with Gasteiger partial charge in [-0.2, -0.15) is 5.10 Å². The maximum Gasteiger partial charge on any atom is 0.241 e. The van der Waals surface area contributed by atoms with Crippen molar-refractivity contribution in [2.24, 2.45) is 7.05 Å². The van der Waals surface area contributed by atoms with Crippen LogP contribution in [0.5, 0.6) is 0 Å². The molecule has 1 aromatic heterocycles. The van der Waals surface area contributed by atoms with Gasteiger partial charge >= 0.3 is 0 Å². The van der Waals surface area contributed by atoms with Gasteiger partial charge in [-0.1, -0.05) is 12.1 Å². The van der Waals surface area contributed by atoms with E-state index in [0.29, 0.717) is 12.4 Å². The lowest BCUT2D eigenvalue weighted by molar-refractivity contribution is 0.577. The van der Waals surface area contributed by atoms with Gasteiger partial charge in [0.25, 0.3) is 0 Å². The zero-order valence-corrected chi connectivity index (χ0v) is 13.1. The van der Waals surface area contributed by atoms with Crippen molar-refractivity contribution in [1.82, 2.24) is 24.8 Å². The first-order chi connectivity index (χ1) is 9.94. The van der Waals surface area contributed by atoms with Gasteiger partial charge in [-0.3, -0.25) is 4.68 Å². The average Bonchev–Trinajstić information content (AvgIpc) is 2.85. The Morgan fingerprint density at radius 2 is 2.05 bits per heavy atom. The fourth-order valence-electron chi connectivity index (χ4n) is 2.04. The first-order valence-electron chi connectivity index (χ1n) is 6.51. The molecule has 0 aliphatic rings. The van der Waals surface area contributed by atoms with Crippen molar-refractivity contribution in [3.8, 4) is 0 Å². The summed E-state index contributed by atoms with van der Waals surface area (Å²) < 4.78 is 28.9. The molecule has 0 unspecified atom stereocenters. The van der Waals surface area contributed by atoms with Gasteiger partial charge in [0.05, 0.1) is 11.4 Å². The van der Waals surface area contributed by atoms with Crippen molar-refractivity contribution in [2.45, 2.75) is 24.9 Å². The highest BCUT2D eigenvalue weighted by Crippen LogP contribution is 2.18. The van der Waals surface area contributed by atoms with Gasteiger partial charge < -0.3 is 5.32 Å². The van der Waals surface area contributed by atoms with Crippen LogP contribution in [0.1, 0.15) is 17.0 Å². The summed E-state index contributed by atoms with van der Waals surface area (Å²) in [5.41, 5.74) is 1.70. The number of benzene rings is 1. The molecule has 1 aromatic carbocycles. The Morgan fingerprint density at radius 1 is 1.29 bits per heavy atom. The molecule has 0 aliphatic heterocycles. The van der Waals surface area contributed by atoms with Crippen LogP contribution in [-0.4, -0.2) is 30.2 Å². The molecule has 0 saturated heterocycles. The second-order valence-electron chi connectivity index (χ2n) is 4.73. The van der Waals surface area contributed by atoms with Gasteiger partial charge in [0.15, 0.2) is 5.82 Å². The molecule has 114 valence electrons. The highest BCUT2D eigenvalue weighted by molar-refractivity contribution is 7.89. The van der Waals surface area contributed by atoms with E-state index >= 15 is 0 Å². The molecular formula is C13H19N5O2S. The summed E-state index contributed by atoms with van der Waals surface area (Å²) in [5, 5.41) is 7.07. The Morgan fingerprint density at radius 3 is 2.67 bits per heavy atom. The number of nitrogens with zero attached hydrogens (tertiary/aromatic N) is 3. The number of rotatable bonds is 6. The van der Waals surface area contributed by atoms with Gasteiger partial charge in [0.1, 0.15) is 6.33 Å². The molecule has 0 bridgehead atoms. The van der Waals surface area contributed by atoms with Crippen LogP contribution in [0, 0.1) is 6.92 Å². The van der Waals surface area contributed by atoms with Gasteiger partial charge in [0, 0.05) is 13.6 Å². The first-order valence-corrected chi connectivity index (χ1v) is 7.99. The quantitative estimate of drug-likeness (QED) is 0.802. The SMILES string of the molecule is CNCc1cccc(S(=O)(=O)NCc2ncn(C)n2)c1C. The summed E-state index contributed by atoms with van der Waals surface area (Å²) in [4.78, 5) is 4.28. The van der Waals surface area contributed by atoms with Crippen molar-refractivity contribution in [3.05, 3.63) is 41.5 Å². The molecule has 1 heterocycles. The third-order valence-electron chi connectivity index (χ3n) is 3.12. The number of hydrogen-bond acceptors (Lipinski definition) is 5. The average molecular weight is 309 g/mol. The number of nitrogens with one attached hydrogen (secondary N) is 2. The molecule has 0 aliphatic carbocycles. The monoisotopic (exact) mass is 309 g/mol. The van der Waals surface area contributed by atoms with Crippen molar-refractivity contribution >= 4 is 10.0 Å². The van der Waals surface area contributed by atoms with Crippen LogP contribution in [-0.2, 0) is 30.2 Å². The second kappa shape index (κ2) is 6.33. The highest BCUT2D eigenvalue weighted by atomic mass is 32.2. The van der Waals surface area contributed by atoms with Crippen LogP contribution in [0.3, 0.4) is 0 Å². The van der Waals surface area contributed by atoms with Gasteiger partial charge in [0.2, 0.25) is 10.0 Å². The summed E-state index contributed by atoms with van der Waals surface area (Å²) in [7, 11) is -0.0302. The molecule has 2 N–H and O–H groups in total. The Labute approximate surface area is 124 Å². The number of aryl methyl sites for hydroxylation is 1. The van der Waals surface area contributed by atoms with E-state index in [1.807, 2.05) is 13.1 Å². The van der Waals surface area contributed by atoms with Gasteiger partial charge in [-0.05, 0) is 31.2 Å². The van der Waals surface area contributed by atoms with E-state index in [0.717, 1.165) is 11.1 Å². The van der Waals surface area contributed by atoms with Crippen LogP contribution in [0.2, 0.25) is 0 Å². The predicted molar refractivity (Wildman–Crippen MR) is 79.0 cm³/mol. The molecule has 2 aromatic rings. The maximum atomic E-state index is 12.4. The zero-order valence-electron chi connectivity index (χ0n) is 12.3. The number of hydrogen-bond donors (Lipinski definition) is 2. The Kier molecular flexibility index (Phi) is 4.71. The molecule has 21 heavy (non-hydrogen) atoms. The molecule has 7 nitrogen and oxygen atoms in total. The largest absolute Gasteiger partial charge is 0.316 e. The summed E-state index contributed by atoms with van der Waals surface area (Å²) >= 11 is 0. The van der Waals surface area contributed by atoms with E-state index in [4.69, 9.17) is 0 Å². The molecule has 0 saturated carbocycles. The topological polar surface area (TPSA) is 88.9 Å². The van der Waals surface area contributed by atoms with Crippen molar-refractivity contribution < 1.29 is 8.42 Å². The van der Waals surface area contributed by atoms with Crippen LogP contribution < -0.4 is 10.0 Å².